The number of carbonyl (C=O) groups excluding carboxylic acids is 2. The van der Waals surface area contributed by atoms with Crippen molar-refractivity contribution < 1.29 is 24.9 Å². The van der Waals surface area contributed by atoms with Crippen molar-refractivity contribution in [3.8, 4) is 5.75 Å². The maximum Gasteiger partial charge on any atom is 0.290 e. The Balaban J connectivity index is 2.51. The van der Waals surface area contributed by atoms with Crippen molar-refractivity contribution in [2.24, 2.45) is 0 Å². The van der Waals surface area contributed by atoms with Gasteiger partial charge in [-0.3, -0.25) is 9.59 Å². The number of nitrogens with zero attached hydrogens (tertiary/aromatic N) is 1. The van der Waals surface area contributed by atoms with Gasteiger partial charge >= 0.3 is 0 Å². The Hall–Kier alpha value is -2.34. The van der Waals surface area contributed by atoms with Gasteiger partial charge in [0, 0.05) is 6.54 Å². The number of β-amino-alcohol motifs (C(OH)–C–C–N with tert-alkyl or cyclic N) is 1. The Morgan fingerprint density at radius 2 is 1.85 bits per heavy atom. The molecule has 1 unspecified atom stereocenters. The number of carbonyl (C=O) groups is 2. The number of hydrogen-bond donors (Lipinski definition) is 3. The van der Waals surface area contributed by atoms with E-state index in [1.807, 2.05) is 0 Å². The van der Waals surface area contributed by atoms with E-state index in [1.165, 1.54) is 24.0 Å². The fourth-order valence-electron chi connectivity index (χ4n) is 2.35. The van der Waals surface area contributed by atoms with Gasteiger partial charge in [-0.15, -0.1) is 0 Å². The lowest BCUT2D eigenvalue weighted by molar-refractivity contribution is -0.129. The fraction of sp³-hybridized carbons (Fsp3) is 0.286. The molecule has 6 nitrogen and oxygen atoms in total. The molecule has 0 aromatic heterocycles. The number of phenols is 1. The van der Waals surface area contributed by atoms with Crippen LogP contribution in [0.25, 0.3) is 0 Å². The van der Waals surface area contributed by atoms with Crippen LogP contribution < -0.4 is 0 Å². The SMILES string of the molecule is CC(=O)C1=C(O)C(=O)N(CCO)C1c1ccc(O)cc1. The molecule has 3 N–H and O–H groups in total. The third-order valence-electron chi connectivity index (χ3n) is 3.23. The maximum absolute atomic E-state index is 12.0. The van der Waals surface area contributed by atoms with E-state index in [-0.39, 0.29) is 24.5 Å². The van der Waals surface area contributed by atoms with Crippen molar-refractivity contribution in [2.45, 2.75) is 13.0 Å². The molecule has 1 aromatic rings. The largest absolute Gasteiger partial charge is 0.508 e. The normalized spacial score (nSPS) is 18.8. The summed E-state index contributed by atoms with van der Waals surface area (Å²) >= 11 is 0. The quantitative estimate of drug-likeness (QED) is 0.751. The lowest BCUT2D eigenvalue weighted by Crippen LogP contribution is -2.33. The molecule has 0 spiro atoms. The number of aromatic hydroxyl groups is 1. The molecular weight excluding hydrogens is 262 g/mol. The molecular formula is C14H15NO5. The highest BCUT2D eigenvalue weighted by atomic mass is 16.3. The summed E-state index contributed by atoms with van der Waals surface area (Å²) in [4.78, 5) is 24.9. The molecule has 1 aliphatic rings. The van der Waals surface area contributed by atoms with Crippen molar-refractivity contribution in [2.75, 3.05) is 13.2 Å². The zero-order valence-corrected chi connectivity index (χ0v) is 10.9. The van der Waals surface area contributed by atoms with Gasteiger partial charge in [-0.1, -0.05) is 12.1 Å². The zero-order valence-electron chi connectivity index (χ0n) is 10.9. The van der Waals surface area contributed by atoms with E-state index < -0.39 is 23.5 Å². The van der Waals surface area contributed by atoms with Gasteiger partial charge in [0.2, 0.25) is 0 Å². The Labute approximate surface area is 115 Å². The first kappa shape index (κ1) is 14.1. The standard InChI is InChI=1S/C14H15NO5/c1-8(17)11-12(9-2-4-10(18)5-3-9)15(6-7-16)14(20)13(11)19/h2-5,12,16,18-19H,6-7H2,1H3. The van der Waals surface area contributed by atoms with Crippen LogP contribution in [0.1, 0.15) is 18.5 Å². The second-order valence-corrected chi connectivity index (χ2v) is 4.53. The van der Waals surface area contributed by atoms with E-state index >= 15 is 0 Å². The average Bonchev–Trinajstić information content (AvgIpc) is 2.65. The van der Waals surface area contributed by atoms with Crippen LogP contribution in [0.2, 0.25) is 0 Å². The van der Waals surface area contributed by atoms with Crippen LogP contribution >= 0.6 is 0 Å². The highest BCUT2D eigenvalue weighted by Gasteiger charge is 2.41. The number of hydrogen-bond acceptors (Lipinski definition) is 5. The minimum atomic E-state index is -0.743. The number of rotatable bonds is 4. The second-order valence-electron chi connectivity index (χ2n) is 4.53. The van der Waals surface area contributed by atoms with E-state index in [4.69, 9.17) is 5.11 Å². The molecule has 0 aliphatic carbocycles. The Kier molecular flexibility index (Phi) is 3.76. The fourth-order valence-corrected chi connectivity index (χ4v) is 2.35. The van der Waals surface area contributed by atoms with Gasteiger partial charge in [-0.05, 0) is 24.6 Å². The van der Waals surface area contributed by atoms with E-state index in [0.717, 1.165) is 0 Å². The number of aliphatic hydroxyl groups excluding tert-OH is 2. The number of aliphatic hydroxyl groups is 2. The minimum absolute atomic E-state index is 0.00518. The summed E-state index contributed by atoms with van der Waals surface area (Å²) in [6, 6.07) is 5.26. The van der Waals surface area contributed by atoms with Crippen LogP contribution in [0.4, 0.5) is 0 Å². The summed E-state index contributed by atoms with van der Waals surface area (Å²) < 4.78 is 0. The van der Waals surface area contributed by atoms with Crippen LogP contribution in [-0.2, 0) is 9.59 Å². The monoisotopic (exact) mass is 277 g/mol. The molecule has 1 amide bonds. The Morgan fingerprint density at radius 3 is 2.35 bits per heavy atom. The molecule has 20 heavy (non-hydrogen) atoms. The summed E-state index contributed by atoms with van der Waals surface area (Å²) in [5.41, 5.74) is 0.591. The number of amides is 1. The summed E-state index contributed by atoms with van der Waals surface area (Å²) in [5.74, 6) is -1.61. The highest BCUT2D eigenvalue weighted by Crippen LogP contribution is 2.37. The molecule has 0 fully saturated rings. The molecule has 0 radical (unpaired) electrons. The molecule has 0 bridgehead atoms. The maximum atomic E-state index is 12.0. The Morgan fingerprint density at radius 1 is 1.25 bits per heavy atom. The highest BCUT2D eigenvalue weighted by molar-refractivity contribution is 6.08. The van der Waals surface area contributed by atoms with Gasteiger partial charge < -0.3 is 20.2 Å². The minimum Gasteiger partial charge on any atom is -0.508 e. The van der Waals surface area contributed by atoms with Crippen molar-refractivity contribution in [3.63, 3.8) is 0 Å². The number of benzene rings is 1. The molecule has 106 valence electrons. The molecule has 0 saturated heterocycles. The summed E-state index contributed by atoms with van der Waals surface area (Å²) in [7, 11) is 0. The van der Waals surface area contributed by atoms with Gasteiger partial charge in [-0.2, -0.15) is 0 Å². The number of ketones is 1. The molecule has 1 atom stereocenters. The van der Waals surface area contributed by atoms with Crippen molar-refractivity contribution in [1.29, 1.82) is 0 Å². The van der Waals surface area contributed by atoms with E-state index in [1.54, 1.807) is 12.1 Å². The van der Waals surface area contributed by atoms with E-state index in [2.05, 4.69) is 0 Å². The number of Topliss-reactive ketones (excluding diaryl/α,β-unsaturated/α-hetero) is 1. The smallest absolute Gasteiger partial charge is 0.290 e. The van der Waals surface area contributed by atoms with E-state index in [9.17, 15) is 19.8 Å². The molecule has 1 aromatic carbocycles. The average molecular weight is 277 g/mol. The first-order valence-electron chi connectivity index (χ1n) is 6.12. The zero-order chi connectivity index (χ0) is 14.9. The second kappa shape index (κ2) is 5.34. The van der Waals surface area contributed by atoms with Crippen LogP contribution in [0.3, 0.4) is 0 Å². The van der Waals surface area contributed by atoms with Crippen molar-refractivity contribution in [1.82, 2.24) is 4.90 Å². The molecule has 1 aliphatic heterocycles. The van der Waals surface area contributed by atoms with Gasteiger partial charge in [0.1, 0.15) is 5.75 Å². The third-order valence-corrected chi connectivity index (χ3v) is 3.23. The van der Waals surface area contributed by atoms with Crippen LogP contribution in [0, 0.1) is 0 Å². The third kappa shape index (κ3) is 2.25. The van der Waals surface area contributed by atoms with Crippen LogP contribution in [-0.4, -0.2) is 45.1 Å². The van der Waals surface area contributed by atoms with Crippen molar-refractivity contribution in [3.05, 3.63) is 41.2 Å². The van der Waals surface area contributed by atoms with E-state index in [0.29, 0.717) is 5.56 Å². The lowest BCUT2D eigenvalue weighted by atomic mass is 9.97. The lowest BCUT2D eigenvalue weighted by Gasteiger charge is -2.25. The van der Waals surface area contributed by atoms with Gasteiger partial charge in [-0.25, -0.2) is 0 Å². The Bertz CT molecular complexity index is 576. The van der Waals surface area contributed by atoms with Gasteiger partial charge in [0.05, 0.1) is 18.2 Å². The van der Waals surface area contributed by atoms with Crippen LogP contribution in [0.5, 0.6) is 5.75 Å². The topological polar surface area (TPSA) is 98.1 Å². The number of phenolic OH excluding ortho intramolecular Hbond substituents is 1. The summed E-state index contributed by atoms with van der Waals surface area (Å²) in [5, 5.41) is 28.2. The van der Waals surface area contributed by atoms with Crippen LogP contribution in [0.15, 0.2) is 35.6 Å². The molecule has 0 saturated carbocycles. The van der Waals surface area contributed by atoms with Crippen molar-refractivity contribution >= 4 is 11.7 Å². The van der Waals surface area contributed by atoms with Gasteiger partial charge in [0.25, 0.3) is 5.91 Å². The predicted molar refractivity (Wildman–Crippen MR) is 70.0 cm³/mol. The first-order valence-corrected chi connectivity index (χ1v) is 6.12. The predicted octanol–water partition coefficient (Wildman–Crippen LogP) is 0.669. The van der Waals surface area contributed by atoms with Gasteiger partial charge in [0.15, 0.2) is 11.5 Å². The first-order chi connectivity index (χ1) is 9.47. The molecule has 1 heterocycles. The summed E-state index contributed by atoms with van der Waals surface area (Å²) in [6.07, 6.45) is 0. The molecule has 6 heteroatoms. The summed E-state index contributed by atoms with van der Waals surface area (Å²) in [6.45, 7) is 0.999. The molecule has 2 rings (SSSR count).